The Balaban J connectivity index is 2.21. The highest BCUT2D eigenvalue weighted by Gasteiger charge is 2.23. The number of hydrogen-bond acceptors (Lipinski definition) is 5. The zero-order valence-corrected chi connectivity index (χ0v) is 15.1. The Morgan fingerprint density at radius 2 is 1.88 bits per heavy atom. The lowest BCUT2D eigenvalue weighted by molar-refractivity contribution is 0.0524. The molecule has 0 saturated carbocycles. The van der Waals surface area contributed by atoms with Crippen LogP contribution in [0.4, 0.5) is 4.39 Å². The topological polar surface area (TPSA) is 85.5 Å². The Kier molecular flexibility index (Phi) is 5.92. The number of rotatable bonds is 7. The summed E-state index contributed by atoms with van der Waals surface area (Å²) in [5.41, 5.74) is 1.61. The number of carbonyl (C=O) groups is 3. The average molecular weight is 361 g/mol. The van der Waals surface area contributed by atoms with Gasteiger partial charge in [-0.05, 0) is 51.5 Å². The van der Waals surface area contributed by atoms with Gasteiger partial charge < -0.3 is 14.5 Å². The number of carbonyl (C=O) groups excluding carboxylic acids is 3. The second kappa shape index (κ2) is 7.95. The molecular formula is C19H20FNO5. The van der Waals surface area contributed by atoms with Crippen LogP contribution in [0.1, 0.15) is 56.3 Å². The van der Waals surface area contributed by atoms with Crippen LogP contribution in [0.2, 0.25) is 0 Å². The number of aromatic nitrogens is 1. The Morgan fingerprint density at radius 3 is 2.50 bits per heavy atom. The summed E-state index contributed by atoms with van der Waals surface area (Å²) in [5.74, 6) is -1.72. The minimum absolute atomic E-state index is 0.0596. The molecule has 1 N–H and O–H groups in total. The van der Waals surface area contributed by atoms with Gasteiger partial charge in [0, 0.05) is 5.69 Å². The fourth-order valence-electron chi connectivity index (χ4n) is 2.66. The minimum Gasteiger partial charge on any atom is -0.485 e. The molecular weight excluding hydrogens is 341 g/mol. The van der Waals surface area contributed by atoms with E-state index < -0.39 is 17.6 Å². The van der Waals surface area contributed by atoms with Gasteiger partial charge in [-0.2, -0.15) is 0 Å². The molecule has 0 radical (unpaired) electrons. The molecule has 26 heavy (non-hydrogen) atoms. The smallest absolute Gasteiger partial charge is 0.340 e. The number of benzene rings is 1. The average Bonchev–Trinajstić information content (AvgIpc) is 2.88. The van der Waals surface area contributed by atoms with Crippen molar-refractivity contribution in [2.45, 2.75) is 27.7 Å². The number of halogens is 1. The van der Waals surface area contributed by atoms with Crippen molar-refractivity contribution in [3.63, 3.8) is 0 Å². The van der Waals surface area contributed by atoms with E-state index in [0.717, 1.165) is 12.1 Å². The van der Waals surface area contributed by atoms with Crippen LogP contribution in [-0.2, 0) is 4.74 Å². The van der Waals surface area contributed by atoms with Crippen molar-refractivity contribution in [1.82, 2.24) is 4.98 Å². The lowest BCUT2D eigenvalue weighted by Crippen LogP contribution is -2.15. The maximum atomic E-state index is 13.3. The van der Waals surface area contributed by atoms with Gasteiger partial charge in [0.2, 0.25) is 5.78 Å². The first-order valence-corrected chi connectivity index (χ1v) is 8.09. The quantitative estimate of drug-likeness (QED) is 0.603. The molecule has 1 aromatic carbocycles. The van der Waals surface area contributed by atoms with Crippen LogP contribution in [0.15, 0.2) is 18.2 Å². The van der Waals surface area contributed by atoms with Gasteiger partial charge in [-0.25, -0.2) is 9.18 Å². The third-order valence-corrected chi connectivity index (χ3v) is 3.88. The molecule has 0 atom stereocenters. The van der Waals surface area contributed by atoms with Crippen molar-refractivity contribution in [2.75, 3.05) is 13.2 Å². The summed E-state index contributed by atoms with van der Waals surface area (Å²) in [6.07, 6.45) is 0. The standard InChI is InChI=1S/C19H20FNO5/c1-5-25-19(24)17-10(2)18(21-11(17)3)15(23)9-26-16-7-6-13(20)8-14(16)12(4)22/h6-8,21H,5,9H2,1-4H3. The van der Waals surface area contributed by atoms with Crippen molar-refractivity contribution < 1.29 is 28.2 Å². The van der Waals surface area contributed by atoms with E-state index in [1.165, 1.54) is 13.0 Å². The second-order valence-corrected chi connectivity index (χ2v) is 5.75. The first-order chi connectivity index (χ1) is 12.3. The Morgan fingerprint density at radius 1 is 1.19 bits per heavy atom. The van der Waals surface area contributed by atoms with Crippen LogP contribution in [-0.4, -0.2) is 35.7 Å². The van der Waals surface area contributed by atoms with E-state index in [1.54, 1.807) is 20.8 Å². The summed E-state index contributed by atoms with van der Waals surface area (Å²) in [5, 5.41) is 0. The van der Waals surface area contributed by atoms with Gasteiger partial charge in [-0.3, -0.25) is 9.59 Å². The molecule has 138 valence electrons. The fraction of sp³-hybridized carbons (Fsp3) is 0.316. The van der Waals surface area contributed by atoms with Crippen molar-refractivity contribution in [2.24, 2.45) is 0 Å². The number of hydrogen-bond donors (Lipinski definition) is 1. The normalized spacial score (nSPS) is 10.5. The number of Topliss-reactive ketones (excluding diaryl/α,β-unsaturated/α-hetero) is 2. The van der Waals surface area contributed by atoms with Crippen molar-refractivity contribution in [3.8, 4) is 5.75 Å². The maximum absolute atomic E-state index is 13.3. The molecule has 0 unspecified atom stereocenters. The molecule has 0 fully saturated rings. The number of aryl methyl sites for hydroxylation is 1. The Bertz CT molecular complexity index is 869. The molecule has 6 nitrogen and oxygen atoms in total. The number of aromatic amines is 1. The van der Waals surface area contributed by atoms with Crippen LogP contribution >= 0.6 is 0 Å². The first kappa shape index (κ1) is 19.4. The number of H-pyrrole nitrogens is 1. The van der Waals surface area contributed by atoms with Crippen LogP contribution in [0, 0.1) is 19.7 Å². The third-order valence-electron chi connectivity index (χ3n) is 3.88. The highest BCUT2D eigenvalue weighted by atomic mass is 19.1. The zero-order chi connectivity index (χ0) is 19.4. The van der Waals surface area contributed by atoms with Crippen molar-refractivity contribution in [1.29, 1.82) is 0 Å². The van der Waals surface area contributed by atoms with Gasteiger partial charge in [0.1, 0.15) is 11.6 Å². The van der Waals surface area contributed by atoms with E-state index >= 15 is 0 Å². The first-order valence-electron chi connectivity index (χ1n) is 8.09. The summed E-state index contributed by atoms with van der Waals surface area (Å²) in [6.45, 7) is 6.16. The van der Waals surface area contributed by atoms with E-state index in [0.29, 0.717) is 16.8 Å². The molecule has 2 aromatic rings. The van der Waals surface area contributed by atoms with E-state index in [-0.39, 0.29) is 36.0 Å². The van der Waals surface area contributed by atoms with E-state index in [2.05, 4.69) is 4.98 Å². The molecule has 0 spiro atoms. The summed E-state index contributed by atoms with van der Waals surface area (Å²) in [6, 6.07) is 3.51. The molecule has 2 rings (SSSR count). The molecule has 0 saturated heterocycles. The molecule has 0 aliphatic rings. The van der Waals surface area contributed by atoms with Crippen LogP contribution < -0.4 is 4.74 Å². The number of nitrogens with one attached hydrogen (secondary N) is 1. The zero-order valence-electron chi connectivity index (χ0n) is 15.1. The Labute approximate surface area is 150 Å². The summed E-state index contributed by atoms with van der Waals surface area (Å²) < 4.78 is 23.7. The highest BCUT2D eigenvalue weighted by Crippen LogP contribution is 2.22. The van der Waals surface area contributed by atoms with Crippen LogP contribution in [0.3, 0.4) is 0 Å². The largest absolute Gasteiger partial charge is 0.485 e. The number of ketones is 2. The highest BCUT2D eigenvalue weighted by molar-refractivity contribution is 6.02. The van der Waals surface area contributed by atoms with Crippen molar-refractivity contribution >= 4 is 17.5 Å². The second-order valence-electron chi connectivity index (χ2n) is 5.75. The molecule has 1 aromatic heterocycles. The lowest BCUT2D eigenvalue weighted by atomic mass is 10.1. The molecule has 1 heterocycles. The van der Waals surface area contributed by atoms with Gasteiger partial charge in [0.15, 0.2) is 12.4 Å². The Hall–Kier alpha value is -2.96. The number of esters is 1. The van der Waals surface area contributed by atoms with E-state index in [9.17, 15) is 18.8 Å². The maximum Gasteiger partial charge on any atom is 0.340 e. The van der Waals surface area contributed by atoms with Crippen LogP contribution in [0.5, 0.6) is 5.75 Å². The molecule has 0 amide bonds. The van der Waals surface area contributed by atoms with Gasteiger partial charge in [0.25, 0.3) is 0 Å². The van der Waals surface area contributed by atoms with Gasteiger partial charge >= 0.3 is 5.97 Å². The predicted molar refractivity (Wildman–Crippen MR) is 92.5 cm³/mol. The predicted octanol–water partition coefficient (Wildman–Crippen LogP) is 3.41. The SMILES string of the molecule is CCOC(=O)c1c(C)[nH]c(C(=O)COc2ccc(F)cc2C(C)=O)c1C. The molecule has 0 aliphatic heterocycles. The van der Waals surface area contributed by atoms with Crippen LogP contribution in [0.25, 0.3) is 0 Å². The summed E-state index contributed by atoms with van der Waals surface area (Å²) in [7, 11) is 0. The van der Waals surface area contributed by atoms with Gasteiger partial charge in [-0.1, -0.05) is 0 Å². The van der Waals surface area contributed by atoms with Gasteiger partial charge in [-0.15, -0.1) is 0 Å². The third kappa shape index (κ3) is 3.99. The summed E-state index contributed by atoms with van der Waals surface area (Å²) in [4.78, 5) is 38.9. The monoisotopic (exact) mass is 361 g/mol. The summed E-state index contributed by atoms with van der Waals surface area (Å²) >= 11 is 0. The minimum atomic E-state index is -0.566. The lowest BCUT2D eigenvalue weighted by Gasteiger charge is -2.09. The molecule has 7 heteroatoms. The van der Waals surface area contributed by atoms with Crippen molar-refractivity contribution in [3.05, 3.63) is 52.1 Å². The van der Waals surface area contributed by atoms with Gasteiger partial charge in [0.05, 0.1) is 23.4 Å². The fourth-order valence-corrected chi connectivity index (χ4v) is 2.66. The molecule has 0 aliphatic carbocycles. The van der Waals surface area contributed by atoms with E-state index in [4.69, 9.17) is 9.47 Å². The van der Waals surface area contributed by atoms with E-state index in [1.807, 2.05) is 0 Å². The number of ether oxygens (including phenoxy) is 2. The molecule has 0 bridgehead atoms.